The number of nitrogens with one attached hydrogen (secondary N) is 1. The van der Waals surface area contributed by atoms with Gasteiger partial charge in [-0.25, -0.2) is 4.79 Å². The molecule has 1 aliphatic heterocycles. The summed E-state index contributed by atoms with van der Waals surface area (Å²) >= 11 is 0. The van der Waals surface area contributed by atoms with Crippen LogP contribution in [0, 0.1) is 5.92 Å². The Labute approximate surface area is 98.6 Å². The fourth-order valence-corrected chi connectivity index (χ4v) is 2.17. The normalized spacial score (nSPS) is 22.9. The van der Waals surface area contributed by atoms with Crippen molar-refractivity contribution in [2.45, 2.75) is 45.6 Å². The van der Waals surface area contributed by atoms with Crippen LogP contribution in [0.2, 0.25) is 0 Å². The lowest BCUT2D eigenvalue weighted by Gasteiger charge is -2.32. The van der Waals surface area contributed by atoms with Gasteiger partial charge in [0.05, 0.1) is 0 Å². The number of carbonyl (C=O) groups is 1. The van der Waals surface area contributed by atoms with E-state index in [9.17, 15) is 4.79 Å². The molecule has 1 fully saturated rings. The number of nitrogens with two attached hydrogens (primary N) is 1. The first-order chi connectivity index (χ1) is 7.63. The van der Waals surface area contributed by atoms with E-state index in [0.29, 0.717) is 12.5 Å². The first-order valence-electron chi connectivity index (χ1n) is 6.39. The standard InChI is InChI=1S/C12H25N3O/c1-10-5-4-8-15(9-10)12(16)14-11(2)6-3-7-13/h10-11H,3-9,13H2,1-2H3,(H,14,16). The summed E-state index contributed by atoms with van der Waals surface area (Å²) in [6.45, 7) is 6.74. The monoisotopic (exact) mass is 227 g/mol. The number of hydrogen-bond acceptors (Lipinski definition) is 2. The molecular weight excluding hydrogens is 202 g/mol. The van der Waals surface area contributed by atoms with E-state index < -0.39 is 0 Å². The van der Waals surface area contributed by atoms with Gasteiger partial charge in [-0.05, 0) is 45.1 Å². The highest BCUT2D eigenvalue weighted by Crippen LogP contribution is 2.15. The van der Waals surface area contributed by atoms with Gasteiger partial charge >= 0.3 is 6.03 Å². The van der Waals surface area contributed by atoms with Crippen LogP contribution >= 0.6 is 0 Å². The minimum atomic E-state index is 0.0936. The van der Waals surface area contributed by atoms with Crippen LogP contribution < -0.4 is 11.1 Å². The maximum absolute atomic E-state index is 11.9. The van der Waals surface area contributed by atoms with E-state index in [4.69, 9.17) is 5.73 Å². The Morgan fingerprint density at radius 2 is 2.38 bits per heavy atom. The summed E-state index contributed by atoms with van der Waals surface area (Å²) in [4.78, 5) is 13.8. The maximum atomic E-state index is 11.9. The average Bonchev–Trinajstić information content (AvgIpc) is 2.26. The molecular formula is C12H25N3O. The summed E-state index contributed by atoms with van der Waals surface area (Å²) in [7, 11) is 0. The fraction of sp³-hybridized carbons (Fsp3) is 0.917. The molecule has 0 aromatic heterocycles. The van der Waals surface area contributed by atoms with Crippen molar-refractivity contribution in [1.29, 1.82) is 0 Å². The molecule has 0 aromatic carbocycles. The number of carbonyl (C=O) groups excluding carboxylic acids is 1. The van der Waals surface area contributed by atoms with E-state index in [1.54, 1.807) is 0 Å². The van der Waals surface area contributed by atoms with Crippen LogP contribution in [0.1, 0.15) is 39.5 Å². The van der Waals surface area contributed by atoms with Gasteiger partial charge in [0.25, 0.3) is 0 Å². The van der Waals surface area contributed by atoms with Gasteiger partial charge in [-0.1, -0.05) is 6.92 Å². The quantitative estimate of drug-likeness (QED) is 0.765. The molecule has 4 heteroatoms. The highest BCUT2D eigenvalue weighted by atomic mass is 16.2. The molecule has 0 aliphatic carbocycles. The maximum Gasteiger partial charge on any atom is 0.317 e. The predicted molar refractivity (Wildman–Crippen MR) is 66.3 cm³/mol. The molecule has 1 rings (SSSR count). The molecule has 3 N–H and O–H groups in total. The van der Waals surface area contributed by atoms with Crippen LogP contribution in [0.4, 0.5) is 4.79 Å². The summed E-state index contributed by atoms with van der Waals surface area (Å²) in [5.41, 5.74) is 5.45. The molecule has 2 unspecified atom stereocenters. The van der Waals surface area contributed by atoms with Crippen molar-refractivity contribution in [3.63, 3.8) is 0 Å². The Hall–Kier alpha value is -0.770. The predicted octanol–water partition coefficient (Wildman–Crippen LogP) is 1.56. The Morgan fingerprint density at radius 1 is 1.62 bits per heavy atom. The minimum Gasteiger partial charge on any atom is -0.336 e. The molecule has 1 heterocycles. The van der Waals surface area contributed by atoms with Crippen LogP contribution in [0.25, 0.3) is 0 Å². The van der Waals surface area contributed by atoms with E-state index in [-0.39, 0.29) is 12.1 Å². The summed E-state index contributed by atoms with van der Waals surface area (Å²) in [6, 6.07) is 0.323. The van der Waals surface area contributed by atoms with Crippen molar-refractivity contribution in [3.8, 4) is 0 Å². The highest BCUT2D eigenvalue weighted by Gasteiger charge is 2.21. The van der Waals surface area contributed by atoms with Gasteiger partial charge < -0.3 is 16.0 Å². The number of amides is 2. The van der Waals surface area contributed by atoms with Crippen LogP contribution in [0.5, 0.6) is 0 Å². The smallest absolute Gasteiger partial charge is 0.317 e. The summed E-state index contributed by atoms with van der Waals surface area (Å²) in [5, 5.41) is 3.04. The van der Waals surface area contributed by atoms with Crippen molar-refractivity contribution in [1.82, 2.24) is 10.2 Å². The van der Waals surface area contributed by atoms with E-state index in [1.807, 2.05) is 11.8 Å². The second-order valence-electron chi connectivity index (χ2n) is 4.97. The molecule has 0 bridgehead atoms. The van der Waals surface area contributed by atoms with Gasteiger partial charge in [0.2, 0.25) is 0 Å². The zero-order valence-corrected chi connectivity index (χ0v) is 10.5. The molecule has 94 valence electrons. The Kier molecular flexibility index (Phi) is 5.60. The average molecular weight is 227 g/mol. The van der Waals surface area contributed by atoms with Crippen molar-refractivity contribution < 1.29 is 4.79 Å². The van der Waals surface area contributed by atoms with E-state index in [2.05, 4.69) is 12.2 Å². The topological polar surface area (TPSA) is 58.4 Å². The lowest BCUT2D eigenvalue weighted by molar-refractivity contribution is 0.166. The Balaban J connectivity index is 2.27. The number of piperidine rings is 1. The van der Waals surface area contributed by atoms with E-state index in [0.717, 1.165) is 32.4 Å². The molecule has 2 atom stereocenters. The molecule has 1 aliphatic rings. The molecule has 16 heavy (non-hydrogen) atoms. The minimum absolute atomic E-state index is 0.0936. The molecule has 0 spiro atoms. The van der Waals surface area contributed by atoms with Gasteiger partial charge in [0.15, 0.2) is 0 Å². The number of likely N-dealkylation sites (tertiary alicyclic amines) is 1. The first kappa shape index (κ1) is 13.3. The third kappa shape index (κ3) is 4.39. The molecule has 1 saturated heterocycles. The molecule has 0 aromatic rings. The van der Waals surface area contributed by atoms with Crippen LogP contribution in [0.15, 0.2) is 0 Å². The number of hydrogen-bond donors (Lipinski definition) is 2. The van der Waals surface area contributed by atoms with Crippen LogP contribution in [0.3, 0.4) is 0 Å². The van der Waals surface area contributed by atoms with Gasteiger partial charge in [-0.3, -0.25) is 0 Å². The molecule has 4 nitrogen and oxygen atoms in total. The molecule has 0 saturated carbocycles. The summed E-state index contributed by atoms with van der Waals surface area (Å²) in [6.07, 6.45) is 4.31. The largest absolute Gasteiger partial charge is 0.336 e. The molecule has 0 radical (unpaired) electrons. The lowest BCUT2D eigenvalue weighted by Crippen LogP contribution is -2.47. The SMILES string of the molecule is CC1CCCN(C(=O)NC(C)CCCN)C1. The Morgan fingerprint density at radius 3 is 3.00 bits per heavy atom. The Bertz CT molecular complexity index is 220. The van der Waals surface area contributed by atoms with Gasteiger partial charge in [-0.15, -0.1) is 0 Å². The van der Waals surface area contributed by atoms with E-state index in [1.165, 1.54) is 6.42 Å². The second kappa shape index (κ2) is 6.74. The van der Waals surface area contributed by atoms with Crippen molar-refractivity contribution >= 4 is 6.03 Å². The second-order valence-corrected chi connectivity index (χ2v) is 4.97. The number of nitrogens with zero attached hydrogens (tertiary/aromatic N) is 1. The highest BCUT2D eigenvalue weighted by molar-refractivity contribution is 5.74. The van der Waals surface area contributed by atoms with Crippen LogP contribution in [-0.4, -0.2) is 36.6 Å². The van der Waals surface area contributed by atoms with E-state index >= 15 is 0 Å². The summed E-state index contributed by atoms with van der Waals surface area (Å²) in [5.74, 6) is 0.638. The van der Waals surface area contributed by atoms with Crippen molar-refractivity contribution in [2.75, 3.05) is 19.6 Å². The zero-order chi connectivity index (χ0) is 12.0. The lowest BCUT2D eigenvalue weighted by atomic mass is 10.0. The van der Waals surface area contributed by atoms with Gasteiger partial charge in [0.1, 0.15) is 0 Å². The summed E-state index contributed by atoms with van der Waals surface area (Å²) < 4.78 is 0. The zero-order valence-electron chi connectivity index (χ0n) is 10.5. The van der Waals surface area contributed by atoms with Gasteiger partial charge in [-0.2, -0.15) is 0 Å². The number of rotatable bonds is 4. The van der Waals surface area contributed by atoms with Crippen LogP contribution in [-0.2, 0) is 0 Å². The third-order valence-electron chi connectivity index (χ3n) is 3.16. The van der Waals surface area contributed by atoms with Gasteiger partial charge in [0, 0.05) is 19.1 Å². The van der Waals surface area contributed by atoms with Crippen molar-refractivity contribution in [2.24, 2.45) is 11.7 Å². The number of urea groups is 1. The van der Waals surface area contributed by atoms with Crippen molar-refractivity contribution in [3.05, 3.63) is 0 Å². The molecule has 2 amide bonds. The fourth-order valence-electron chi connectivity index (χ4n) is 2.17. The third-order valence-corrected chi connectivity index (χ3v) is 3.16. The first-order valence-corrected chi connectivity index (χ1v) is 6.39.